The fourth-order valence-electron chi connectivity index (χ4n) is 7.23. The Morgan fingerprint density at radius 2 is 1.63 bits per heavy atom. The molecule has 3 aromatic heterocycles. The van der Waals surface area contributed by atoms with Crippen molar-refractivity contribution in [1.29, 1.82) is 0 Å². The number of aryl methyl sites for hydroxylation is 1. The van der Waals surface area contributed by atoms with Gasteiger partial charge in [-0.2, -0.15) is 0 Å². The van der Waals surface area contributed by atoms with Gasteiger partial charge < -0.3 is 0 Å². The minimum atomic E-state index is 0.425. The fourth-order valence-corrected chi connectivity index (χ4v) is 7.23. The van der Waals surface area contributed by atoms with Crippen molar-refractivity contribution in [3.05, 3.63) is 156 Å². The first kappa shape index (κ1) is 26.6. The summed E-state index contributed by atoms with van der Waals surface area (Å²) in [5.74, 6) is 0.425. The first-order valence-electron chi connectivity index (χ1n) is 15.9. The van der Waals surface area contributed by atoms with E-state index >= 15 is 0 Å². The Morgan fingerprint density at radius 3 is 2.52 bits per heavy atom. The summed E-state index contributed by atoms with van der Waals surface area (Å²) < 4.78 is 2.30. The van der Waals surface area contributed by atoms with Crippen LogP contribution in [0.15, 0.2) is 134 Å². The second-order valence-electron chi connectivity index (χ2n) is 12.3. The molecule has 46 heavy (non-hydrogen) atoms. The van der Waals surface area contributed by atoms with Crippen LogP contribution >= 0.6 is 0 Å². The number of fused-ring (bicyclic) bond motifs is 9. The number of benzene rings is 4. The fraction of sp³-hybridized carbons (Fsp3) is 0.0698. The molecule has 0 N–H and O–H groups in total. The minimum absolute atomic E-state index is 0.425. The molecule has 4 aromatic carbocycles. The maximum absolute atomic E-state index is 5.17. The van der Waals surface area contributed by atoms with E-state index in [0.29, 0.717) is 5.92 Å². The molecule has 3 heteroatoms. The predicted octanol–water partition coefficient (Wildman–Crippen LogP) is 11.0. The van der Waals surface area contributed by atoms with Crippen LogP contribution in [0.25, 0.3) is 78.5 Å². The lowest BCUT2D eigenvalue weighted by atomic mass is 9.83. The normalized spacial score (nSPS) is 15.6. The molecule has 1 atom stereocenters. The van der Waals surface area contributed by atoms with Gasteiger partial charge in [0.2, 0.25) is 0 Å². The molecule has 218 valence electrons. The number of hydrogen-bond donors (Lipinski definition) is 0. The van der Waals surface area contributed by atoms with Crippen LogP contribution in [-0.4, -0.2) is 14.4 Å². The topological polar surface area (TPSA) is 30.2 Å². The molecule has 2 aliphatic carbocycles. The van der Waals surface area contributed by atoms with Gasteiger partial charge in [-0.05, 0) is 88.8 Å². The molecule has 3 nitrogen and oxygen atoms in total. The maximum atomic E-state index is 5.17. The summed E-state index contributed by atoms with van der Waals surface area (Å²) >= 11 is 0. The molecule has 0 amide bonds. The summed E-state index contributed by atoms with van der Waals surface area (Å²) in [5.41, 5.74) is 14.7. The van der Waals surface area contributed by atoms with Gasteiger partial charge in [0.25, 0.3) is 0 Å². The Morgan fingerprint density at radius 1 is 0.826 bits per heavy atom. The van der Waals surface area contributed by atoms with E-state index < -0.39 is 0 Å². The molecule has 3 heterocycles. The standard InChI is InChI=1S/C43H31N3/c1-3-4-10-35-27(2)43-45-39-12-7-8-13-41(39)46(43)40-23-21-33(26-37(35)40)31-16-17-32-25-34(19-18-30(32)24-31)38-22-20-29-15-14-28-9-5-6-11-36(28)42(29)44-38/h3-8,10-26,28H,1,9H2,2H3/b10-4-. The van der Waals surface area contributed by atoms with E-state index in [1.807, 2.05) is 18.2 Å². The highest BCUT2D eigenvalue weighted by atomic mass is 15.0. The highest BCUT2D eigenvalue weighted by Gasteiger charge is 2.22. The Hall–Kier alpha value is -5.80. The van der Waals surface area contributed by atoms with E-state index in [1.54, 1.807) is 0 Å². The van der Waals surface area contributed by atoms with E-state index in [1.165, 1.54) is 44.0 Å². The van der Waals surface area contributed by atoms with E-state index in [0.717, 1.165) is 51.1 Å². The van der Waals surface area contributed by atoms with Crippen molar-refractivity contribution in [1.82, 2.24) is 14.4 Å². The molecular formula is C43H31N3. The molecule has 2 aliphatic rings. The maximum Gasteiger partial charge on any atom is 0.141 e. The third-order valence-corrected chi connectivity index (χ3v) is 9.61. The molecule has 9 rings (SSSR count). The van der Waals surface area contributed by atoms with Crippen molar-refractivity contribution in [3.63, 3.8) is 0 Å². The van der Waals surface area contributed by atoms with Crippen molar-refractivity contribution in [2.24, 2.45) is 5.92 Å². The average Bonchev–Trinajstić information content (AvgIpc) is 3.51. The largest absolute Gasteiger partial charge is 0.292 e. The first-order chi connectivity index (χ1) is 22.7. The van der Waals surface area contributed by atoms with Crippen molar-refractivity contribution < 1.29 is 0 Å². The molecule has 0 radical (unpaired) electrons. The monoisotopic (exact) mass is 589 g/mol. The van der Waals surface area contributed by atoms with Crippen LogP contribution in [0.5, 0.6) is 0 Å². The average molecular weight is 590 g/mol. The zero-order valence-electron chi connectivity index (χ0n) is 25.6. The molecule has 1 unspecified atom stereocenters. The molecule has 0 saturated heterocycles. The van der Waals surface area contributed by atoms with Crippen LogP contribution < -0.4 is 0 Å². The van der Waals surface area contributed by atoms with Gasteiger partial charge in [0.05, 0.1) is 27.9 Å². The zero-order valence-corrected chi connectivity index (χ0v) is 25.6. The lowest BCUT2D eigenvalue weighted by molar-refractivity contribution is 0.835. The van der Waals surface area contributed by atoms with Crippen molar-refractivity contribution >= 4 is 56.1 Å². The van der Waals surface area contributed by atoms with Crippen LogP contribution in [0.4, 0.5) is 0 Å². The molecule has 0 spiro atoms. The minimum Gasteiger partial charge on any atom is -0.292 e. The molecule has 0 saturated carbocycles. The third-order valence-electron chi connectivity index (χ3n) is 9.61. The number of hydrogen-bond acceptors (Lipinski definition) is 2. The second-order valence-corrected chi connectivity index (χ2v) is 12.3. The van der Waals surface area contributed by atoms with Crippen molar-refractivity contribution in [2.45, 2.75) is 13.3 Å². The van der Waals surface area contributed by atoms with Crippen LogP contribution in [0, 0.1) is 12.8 Å². The number of rotatable bonds is 4. The second kappa shape index (κ2) is 10.4. The van der Waals surface area contributed by atoms with Gasteiger partial charge in [0, 0.05) is 28.0 Å². The number of pyridine rings is 2. The summed E-state index contributed by atoms with van der Waals surface area (Å²) in [5, 5.41) is 3.61. The smallest absolute Gasteiger partial charge is 0.141 e. The number of imidazole rings is 1. The van der Waals surface area contributed by atoms with Gasteiger partial charge in [0.15, 0.2) is 0 Å². The molecule has 7 aromatic rings. The van der Waals surface area contributed by atoms with Crippen LogP contribution in [0.3, 0.4) is 0 Å². The van der Waals surface area contributed by atoms with Gasteiger partial charge >= 0.3 is 0 Å². The number of para-hydroxylation sites is 2. The van der Waals surface area contributed by atoms with Crippen LogP contribution in [0.1, 0.15) is 28.8 Å². The highest BCUT2D eigenvalue weighted by Crippen LogP contribution is 2.38. The Kier molecular flexibility index (Phi) is 6.01. The number of aromatic nitrogens is 3. The van der Waals surface area contributed by atoms with E-state index in [4.69, 9.17) is 9.97 Å². The predicted molar refractivity (Wildman–Crippen MR) is 195 cm³/mol. The highest BCUT2D eigenvalue weighted by molar-refractivity contribution is 6.00. The Bertz CT molecular complexity index is 2540. The van der Waals surface area contributed by atoms with Crippen molar-refractivity contribution in [3.8, 4) is 22.4 Å². The summed E-state index contributed by atoms with van der Waals surface area (Å²) in [6.45, 7) is 6.08. The molecule has 0 fully saturated rings. The van der Waals surface area contributed by atoms with Gasteiger partial charge in [-0.1, -0.05) is 104 Å². The van der Waals surface area contributed by atoms with Gasteiger partial charge in [-0.3, -0.25) is 4.40 Å². The quantitative estimate of drug-likeness (QED) is 0.191. The SMILES string of the molecule is C=C/C=C\c1c(C)c2nc3ccccc3n2c2ccc(-c3ccc4cc(-c5ccc6c(n5)C5=CC=CCC5C=C6)ccc4c3)cc12. The lowest BCUT2D eigenvalue weighted by Crippen LogP contribution is -2.09. The summed E-state index contributed by atoms with van der Waals surface area (Å²) in [7, 11) is 0. The summed E-state index contributed by atoms with van der Waals surface area (Å²) in [4.78, 5) is 10.2. The van der Waals surface area contributed by atoms with Crippen LogP contribution in [0.2, 0.25) is 0 Å². The first-order valence-corrected chi connectivity index (χ1v) is 15.9. The summed E-state index contributed by atoms with van der Waals surface area (Å²) in [6.07, 6.45) is 18.2. The number of nitrogens with zero attached hydrogens (tertiary/aromatic N) is 3. The van der Waals surface area contributed by atoms with E-state index in [-0.39, 0.29) is 0 Å². The third kappa shape index (κ3) is 4.13. The van der Waals surface area contributed by atoms with E-state index in [9.17, 15) is 0 Å². The summed E-state index contributed by atoms with van der Waals surface area (Å²) in [6, 6.07) is 33.0. The Labute approximate surface area is 267 Å². The van der Waals surface area contributed by atoms with Gasteiger partial charge in [-0.25, -0.2) is 9.97 Å². The zero-order chi connectivity index (χ0) is 30.8. The van der Waals surface area contributed by atoms with Gasteiger partial charge in [0.1, 0.15) is 5.65 Å². The van der Waals surface area contributed by atoms with Gasteiger partial charge in [-0.15, -0.1) is 0 Å². The van der Waals surface area contributed by atoms with E-state index in [2.05, 4.69) is 139 Å². The lowest BCUT2D eigenvalue weighted by Gasteiger charge is -2.24. The number of allylic oxidation sites excluding steroid dienone is 7. The molecular weight excluding hydrogens is 558 g/mol. The molecule has 0 bridgehead atoms. The van der Waals surface area contributed by atoms with Crippen molar-refractivity contribution in [2.75, 3.05) is 0 Å². The molecule has 0 aliphatic heterocycles. The van der Waals surface area contributed by atoms with Crippen LogP contribution in [-0.2, 0) is 0 Å². The Balaban J connectivity index is 1.14.